The van der Waals surface area contributed by atoms with Gasteiger partial charge in [-0.3, -0.25) is 0 Å². The first-order valence-electron chi connectivity index (χ1n) is 5.89. The quantitative estimate of drug-likeness (QED) is 0.713. The van der Waals surface area contributed by atoms with Gasteiger partial charge in [-0.05, 0) is 30.7 Å². The maximum absolute atomic E-state index is 11.8. The van der Waals surface area contributed by atoms with Crippen molar-refractivity contribution in [1.29, 1.82) is 0 Å². The zero-order valence-electron chi connectivity index (χ0n) is 10.6. The van der Waals surface area contributed by atoms with Crippen molar-refractivity contribution in [2.24, 2.45) is 0 Å². The van der Waals surface area contributed by atoms with Gasteiger partial charge in [0.1, 0.15) is 6.61 Å². The fourth-order valence-corrected chi connectivity index (χ4v) is 2.45. The third-order valence-corrected chi connectivity index (χ3v) is 3.74. The third kappa shape index (κ3) is 4.62. The molecule has 0 bridgehead atoms. The van der Waals surface area contributed by atoms with E-state index in [2.05, 4.69) is 4.72 Å². The zero-order valence-corrected chi connectivity index (χ0v) is 11.4. The van der Waals surface area contributed by atoms with Crippen LogP contribution in [-0.4, -0.2) is 39.3 Å². The molecule has 106 valence electrons. The average molecular weight is 287 g/mol. The molecule has 0 aromatic heterocycles. The molecule has 1 aromatic carbocycles. The monoisotopic (exact) mass is 287 g/mol. The summed E-state index contributed by atoms with van der Waals surface area (Å²) in [4.78, 5) is 11.5. The molecule has 2 N–H and O–H groups in total. The molecule has 0 fully saturated rings. The van der Waals surface area contributed by atoms with Crippen molar-refractivity contribution in [2.75, 3.05) is 19.8 Å². The first-order chi connectivity index (χ1) is 9.01. The number of ether oxygens (including phenoxy) is 1. The Kier molecular flexibility index (Phi) is 5.94. The molecule has 0 spiro atoms. The second-order valence-electron chi connectivity index (χ2n) is 3.78. The molecule has 0 amide bonds. The third-order valence-electron chi connectivity index (χ3n) is 2.27. The van der Waals surface area contributed by atoms with Crippen molar-refractivity contribution >= 4 is 16.0 Å². The molecule has 0 saturated carbocycles. The topological polar surface area (TPSA) is 92.7 Å². The van der Waals surface area contributed by atoms with Gasteiger partial charge >= 0.3 is 5.97 Å². The molecule has 0 aliphatic rings. The van der Waals surface area contributed by atoms with Crippen LogP contribution in [0.3, 0.4) is 0 Å². The summed E-state index contributed by atoms with van der Waals surface area (Å²) in [6.07, 6.45) is 0.699. The lowest BCUT2D eigenvalue weighted by molar-refractivity contribution is 0.0433. The Balaban J connectivity index is 2.79. The van der Waals surface area contributed by atoms with E-state index >= 15 is 0 Å². The number of hydrogen-bond acceptors (Lipinski definition) is 5. The second kappa shape index (κ2) is 7.22. The summed E-state index contributed by atoms with van der Waals surface area (Å²) in [5.74, 6) is -0.598. The highest BCUT2D eigenvalue weighted by Crippen LogP contribution is 2.11. The average Bonchev–Trinajstić information content (AvgIpc) is 2.42. The van der Waals surface area contributed by atoms with E-state index in [1.807, 2.05) is 6.92 Å². The maximum Gasteiger partial charge on any atom is 0.338 e. The normalized spacial score (nSPS) is 11.3. The van der Waals surface area contributed by atoms with Crippen LogP contribution in [0, 0.1) is 0 Å². The van der Waals surface area contributed by atoms with Gasteiger partial charge in [-0.25, -0.2) is 17.9 Å². The highest BCUT2D eigenvalue weighted by Gasteiger charge is 2.14. The van der Waals surface area contributed by atoms with Crippen molar-refractivity contribution in [2.45, 2.75) is 18.2 Å². The van der Waals surface area contributed by atoms with Crippen molar-refractivity contribution in [1.82, 2.24) is 4.72 Å². The summed E-state index contributed by atoms with van der Waals surface area (Å²) in [5, 5.41) is 8.53. The number of esters is 1. The van der Waals surface area contributed by atoms with Gasteiger partial charge in [-0.15, -0.1) is 0 Å². The fraction of sp³-hybridized carbons (Fsp3) is 0.417. The van der Waals surface area contributed by atoms with E-state index in [9.17, 15) is 13.2 Å². The predicted octanol–water partition coefficient (Wildman–Crippen LogP) is 0.524. The summed E-state index contributed by atoms with van der Waals surface area (Å²) in [6.45, 7) is 1.89. The van der Waals surface area contributed by atoms with Gasteiger partial charge in [0.15, 0.2) is 0 Å². The number of benzene rings is 1. The Bertz CT molecular complexity index is 509. The van der Waals surface area contributed by atoms with Crippen molar-refractivity contribution < 1.29 is 23.1 Å². The lowest BCUT2D eigenvalue weighted by Gasteiger charge is -2.06. The minimum atomic E-state index is -3.52. The number of rotatable bonds is 7. The molecule has 0 radical (unpaired) electrons. The SMILES string of the molecule is CCCNS(=O)(=O)c1ccc(C(=O)OCCO)cc1. The van der Waals surface area contributed by atoms with E-state index in [0.717, 1.165) is 0 Å². The summed E-state index contributed by atoms with van der Waals surface area (Å²) < 4.78 is 30.7. The summed E-state index contributed by atoms with van der Waals surface area (Å²) in [6, 6.07) is 5.43. The summed E-state index contributed by atoms with van der Waals surface area (Å²) >= 11 is 0. The van der Waals surface area contributed by atoms with E-state index in [-0.39, 0.29) is 23.7 Å². The van der Waals surface area contributed by atoms with E-state index in [1.54, 1.807) is 0 Å². The molecule has 0 saturated heterocycles. The lowest BCUT2D eigenvalue weighted by Crippen LogP contribution is -2.24. The molecule has 7 heteroatoms. The van der Waals surface area contributed by atoms with Crippen molar-refractivity contribution in [3.8, 4) is 0 Å². The van der Waals surface area contributed by atoms with Gasteiger partial charge in [-0.1, -0.05) is 6.92 Å². The Morgan fingerprint density at radius 2 is 1.95 bits per heavy atom. The number of hydrogen-bond donors (Lipinski definition) is 2. The number of sulfonamides is 1. The van der Waals surface area contributed by atoms with Gasteiger partial charge in [0.25, 0.3) is 0 Å². The Hall–Kier alpha value is -1.44. The number of aliphatic hydroxyl groups excluding tert-OH is 1. The molecule has 6 nitrogen and oxygen atoms in total. The predicted molar refractivity (Wildman–Crippen MR) is 69.3 cm³/mol. The van der Waals surface area contributed by atoms with Crippen LogP contribution in [-0.2, 0) is 14.8 Å². The number of aliphatic hydroxyl groups is 1. The number of carbonyl (C=O) groups is 1. The number of carbonyl (C=O) groups excluding carboxylic acids is 1. The molecule has 0 aliphatic carbocycles. The summed E-state index contributed by atoms with van der Waals surface area (Å²) in [5.41, 5.74) is 0.239. The van der Waals surface area contributed by atoms with Crippen LogP contribution in [0.25, 0.3) is 0 Å². The highest BCUT2D eigenvalue weighted by molar-refractivity contribution is 7.89. The molecular weight excluding hydrogens is 270 g/mol. The molecule has 1 rings (SSSR count). The van der Waals surface area contributed by atoms with E-state index < -0.39 is 16.0 Å². The van der Waals surface area contributed by atoms with Gasteiger partial charge in [0.2, 0.25) is 10.0 Å². The van der Waals surface area contributed by atoms with Crippen LogP contribution >= 0.6 is 0 Å². The van der Waals surface area contributed by atoms with E-state index in [4.69, 9.17) is 9.84 Å². The number of nitrogens with one attached hydrogen (secondary N) is 1. The van der Waals surface area contributed by atoms with Gasteiger partial charge in [-0.2, -0.15) is 0 Å². The molecule has 19 heavy (non-hydrogen) atoms. The zero-order chi connectivity index (χ0) is 14.3. The summed E-state index contributed by atoms with van der Waals surface area (Å²) in [7, 11) is -3.52. The first kappa shape index (κ1) is 15.6. The Morgan fingerprint density at radius 3 is 2.47 bits per heavy atom. The van der Waals surface area contributed by atoms with Gasteiger partial charge in [0.05, 0.1) is 17.1 Å². The molecule has 1 aromatic rings. The van der Waals surface area contributed by atoms with Crippen LogP contribution in [0.1, 0.15) is 23.7 Å². The lowest BCUT2D eigenvalue weighted by atomic mass is 10.2. The van der Waals surface area contributed by atoms with Crippen LogP contribution < -0.4 is 4.72 Å². The molecule has 0 atom stereocenters. The standard InChI is InChI=1S/C12H17NO5S/c1-2-7-13-19(16,17)11-5-3-10(4-6-11)12(15)18-9-8-14/h3-6,13-14H,2,7-9H2,1H3. The molecule has 0 unspecified atom stereocenters. The van der Waals surface area contributed by atoms with Gasteiger partial charge < -0.3 is 9.84 Å². The Labute approximate surface area is 112 Å². The largest absolute Gasteiger partial charge is 0.460 e. The Morgan fingerprint density at radius 1 is 1.32 bits per heavy atom. The smallest absolute Gasteiger partial charge is 0.338 e. The van der Waals surface area contributed by atoms with Crippen molar-refractivity contribution in [3.05, 3.63) is 29.8 Å². The first-order valence-corrected chi connectivity index (χ1v) is 7.37. The van der Waals surface area contributed by atoms with E-state index in [0.29, 0.717) is 13.0 Å². The van der Waals surface area contributed by atoms with Crippen molar-refractivity contribution in [3.63, 3.8) is 0 Å². The maximum atomic E-state index is 11.8. The molecule has 0 heterocycles. The fourth-order valence-electron chi connectivity index (χ4n) is 1.31. The second-order valence-corrected chi connectivity index (χ2v) is 5.55. The van der Waals surface area contributed by atoms with Crippen LogP contribution in [0.4, 0.5) is 0 Å². The van der Waals surface area contributed by atoms with Crippen LogP contribution in [0.5, 0.6) is 0 Å². The minimum absolute atomic E-state index is 0.0864. The van der Waals surface area contributed by atoms with Crippen LogP contribution in [0.2, 0.25) is 0 Å². The van der Waals surface area contributed by atoms with E-state index in [1.165, 1.54) is 24.3 Å². The molecular formula is C12H17NO5S. The van der Waals surface area contributed by atoms with Crippen LogP contribution in [0.15, 0.2) is 29.2 Å². The molecule has 0 aliphatic heterocycles. The minimum Gasteiger partial charge on any atom is -0.460 e. The highest BCUT2D eigenvalue weighted by atomic mass is 32.2. The van der Waals surface area contributed by atoms with Gasteiger partial charge in [0, 0.05) is 6.54 Å².